The largest absolute Gasteiger partial charge is 0.339 e. The van der Waals surface area contributed by atoms with Gasteiger partial charge in [0.1, 0.15) is 0 Å². The number of ketones is 1. The zero-order chi connectivity index (χ0) is 19.2. The second-order valence-electron chi connectivity index (χ2n) is 8.66. The summed E-state index contributed by atoms with van der Waals surface area (Å²) in [6.45, 7) is 7.86. The molecular weight excluding hydrogens is 338 g/mol. The number of rotatable bonds is 2. The lowest BCUT2D eigenvalue weighted by molar-refractivity contribution is 0.0724. The van der Waals surface area contributed by atoms with Crippen LogP contribution in [-0.2, 0) is 6.42 Å². The zero-order valence-corrected chi connectivity index (χ0v) is 16.4. The molecule has 1 aliphatic carbocycles. The van der Waals surface area contributed by atoms with E-state index in [9.17, 15) is 9.59 Å². The number of aromatic nitrogens is 2. The van der Waals surface area contributed by atoms with Crippen molar-refractivity contribution in [3.63, 3.8) is 0 Å². The van der Waals surface area contributed by atoms with Gasteiger partial charge in [-0.05, 0) is 62.3 Å². The van der Waals surface area contributed by atoms with Crippen LogP contribution in [0, 0.1) is 12.3 Å². The Morgan fingerprint density at radius 1 is 1.04 bits per heavy atom. The van der Waals surface area contributed by atoms with Crippen molar-refractivity contribution in [3.05, 3.63) is 46.8 Å². The number of benzene rings is 1. The minimum Gasteiger partial charge on any atom is -0.339 e. The Hall–Kier alpha value is -2.43. The summed E-state index contributed by atoms with van der Waals surface area (Å²) in [5.74, 6) is 0.290. The number of carbonyl (C=O) groups is 2. The van der Waals surface area contributed by atoms with Crippen LogP contribution in [0.3, 0.4) is 0 Å². The Morgan fingerprint density at radius 2 is 1.70 bits per heavy atom. The fourth-order valence-corrected chi connectivity index (χ4v) is 4.38. The van der Waals surface area contributed by atoms with E-state index >= 15 is 0 Å². The van der Waals surface area contributed by atoms with Gasteiger partial charge in [-0.3, -0.25) is 9.59 Å². The van der Waals surface area contributed by atoms with Crippen molar-refractivity contribution >= 4 is 11.7 Å². The number of Topliss-reactive ketones (excluding diaryl/α,β-unsaturated/α-hetero) is 1. The van der Waals surface area contributed by atoms with E-state index in [2.05, 4.69) is 18.9 Å². The van der Waals surface area contributed by atoms with Crippen molar-refractivity contribution in [2.45, 2.75) is 52.9 Å². The summed E-state index contributed by atoms with van der Waals surface area (Å²) in [4.78, 5) is 27.2. The third kappa shape index (κ3) is 3.31. The van der Waals surface area contributed by atoms with Crippen LogP contribution in [0.1, 0.15) is 71.6 Å². The number of aryl methyl sites for hydroxylation is 1. The highest BCUT2D eigenvalue weighted by Gasteiger charge is 2.35. The molecule has 0 bridgehead atoms. The first-order valence-corrected chi connectivity index (χ1v) is 9.87. The maximum atomic E-state index is 12.7. The zero-order valence-electron chi connectivity index (χ0n) is 16.4. The van der Waals surface area contributed by atoms with E-state index in [0.29, 0.717) is 6.42 Å². The number of fused-ring (bicyclic) bond motifs is 1. The monoisotopic (exact) mass is 365 g/mol. The predicted molar refractivity (Wildman–Crippen MR) is 104 cm³/mol. The summed E-state index contributed by atoms with van der Waals surface area (Å²) in [5, 5.41) is 4.64. The first kappa shape index (κ1) is 18.0. The number of nitrogens with zero attached hydrogens (tertiary/aromatic N) is 3. The molecule has 0 atom stereocenters. The fourth-order valence-electron chi connectivity index (χ4n) is 4.38. The van der Waals surface area contributed by atoms with Crippen molar-refractivity contribution in [1.29, 1.82) is 0 Å². The highest BCUT2D eigenvalue weighted by molar-refractivity contribution is 6.00. The van der Waals surface area contributed by atoms with Crippen molar-refractivity contribution in [2.24, 2.45) is 5.41 Å². The molecule has 0 saturated carbocycles. The van der Waals surface area contributed by atoms with Crippen LogP contribution in [0.15, 0.2) is 24.3 Å². The molecule has 0 spiro atoms. The van der Waals surface area contributed by atoms with Crippen molar-refractivity contribution in [3.8, 4) is 5.69 Å². The molecule has 1 aromatic carbocycles. The predicted octanol–water partition coefficient (Wildman–Crippen LogP) is 3.96. The topological polar surface area (TPSA) is 55.2 Å². The van der Waals surface area contributed by atoms with E-state index in [1.54, 1.807) is 0 Å². The highest BCUT2D eigenvalue weighted by atomic mass is 16.2. The molecule has 2 aromatic rings. The molecule has 1 saturated heterocycles. The highest BCUT2D eigenvalue weighted by Crippen LogP contribution is 2.37. The van der Waals surface area contributed by atoms with Gasteiger partial charge >= 0.3 is 0 Å². The summed E-state index contributed by atoms with van der Waals surface area (Å²) < 4.78 is 1.89. The molecule has 5 nitrogen and oxygen atoms in total. The molecule has 1 aromatic heterocycles. The molecule has 1 amide bonds. The van der Waals surface area contributed by atoms with Crippen molar-refractivity contribution < 1.29 is 9.59 Å². The normalized spacial score (nSPS) is 19.1. The van der Waals surface area contributed by atoms with Gasteiger partial charge < -0.3 is 4.90 Å². The fraction of sp³-hybridized carbons (Fsp3) is 0.500. The number of hydrogen-bond acceptors (Lipinski definition) is 3. The molecule has 0 N–H and O–H groups in total. The molecule has 4 rings (SSSR count). The molecule has 142 valence electrons. The maximum absolute atomic E-state index is 12.7. The van der Waals surface area contributed by atoms with Gasteiger partial charge in [0, 0.05) is 25.1 Å². The van der Waals surface area contributed by atoms with Crippen molar-refractivity contribution in [1.82, 2.24) is 14.7 Å². The first-order valence-electron chi connectivity index (χ1n) is 9.87. The first-order chi connectivity index (χ1) is 12.9. The Morgan fingerprint density at radius 3 is 2.37 bits per heavy atom. The average molecular weight is 365 g/mol. The second kappa shape index (κ2) is 6.63. The molecule has 5 heteroatoms. The molecular formula is C22H27N3O2. The SMILES string of the molecule is Cc1nn(-c2ccc(C(=O)N3CCCCC3)cc2)c2c1C(=O)CC(C)(C)C2. The van der Waals surface area contributed by atoms with Gasteiger partial charge in [0.15, 0.2) is 5.78 Å². The Balaban J connectivity index is 1.64. The van der Waals surface area contributed by atoms with Gasteiger partial charge in [0.2, 0.25) is 0 Å². The molecule has 0 radical (unpaired) electrons. The summed E-state index contributed by atoms with van der Waals surface area (Å²) >= 11 is 0. The summed E-state index contributed by atoms with van der Waals surface area (Å²) in [5.41, 5.74) is 4.12. The molecule has 27 heavy (non-hydrogen) atoms. The minimum absolute atomic E-state index is 0.0571. The number of likely N-dealkylation sites (tertiary alicyclic amines) is 1. The maximum Gasteiger partial charge on any atom is 0.253 e. The molecule has 2 heterocycles. The number of carbonyl (C=O) groups excluding carboxylic acids is 2. The lowest BCUT2D eigenvalue weighted by atomic mass is 9.75. The van der Waals surface area contributed by atoms with E-state index < -0.39 is 0 Å². The number of piperidine rings is 1. The Bertz CT molecular complexity index is 887. The van der Waals surface area contributed by atoms with Crippen LogP contribution in [0.4, 0.5) is 0 Å². The average Bonchev–Trinajstić information content (AvgIpc) is 2.97. The molecule has 2 aliphatic rings. The van der Waals surface area contributed by atoms with Gasteiger partial charge in [-0.25, -0.2) is 4.68 Å². The second-order valence-corrected chi connectivity index (χ2v) is 8.66. The van der Waals surface area contributed by atoms with Crippen molar-refractivity contribution in [2.75, 3.05) is 13.1 Å². The Kier molecular flexibility index (Phi) is 4.41. The van der Waals surface area contributed by atoms with Crippen LogP contribution < -0.4 is 0 Å². The van der Waals surface area contributed by atoms with Gasteiger partial charge in [-0.15, -0.1) is 0 Å². The summed E-state index contributed by atoms with van der Waals surface area (Å²) in [6.07, 6.45) is 4.78. The van der Waals surface area contributed by atoms with E-state index in [4.69, 9.17) is 0 Å². The van der Waals surface area contributed by atoms with E-state index in [1.165, 1.54) is 6.42 Å². The molecule has 0 unspecified atom stereocenters. The third-order valence-corrected chi connectivity index (χ3v) is 5.72. The number of amides is 1. The van der Waals surface area contributed by atoms with Gasteiger partial charge in [0.05, 0.1) is 22.6 Å². The van der Waals surface area contributed by atoms with E-state index in [0.717, 1.165) is 60.6 Å². The minimum atomic E-state index is -0.0571. The van der Waals surface area contributed by atoms with Crippen LogP contribution in [0.25, 0.3) is 5.69 Å². The van der Waals surface area contributed by atoms with Gasteiger partial charge in [0.25, 0.3) is 5.91 Å². The van der Waals surface area contributed by atoms with E-state index in [-0.39, 0.29) is 17.1 Å². The third-order valence-electron chi connectivity index (χ3n) is 5.72. The molecule has 1 fully saturated rings. The quantitative estimate of drug-likeness (QED) is 0.809. The smallest absolute Gasteiger partial charge is 0.253 e. The Labute approximate surface area is 160 Å². The van der Waals surface area contributed by atoms with Crippen LogP contribution in [0.5, 0.6) is 0 Å². The number of hydrogen-bond donors (Lipinski definition) is 0. The van der Waals surface area contributed by atoms with Gasteiger partial charge in [-0.2, -0.15) is 5.10 Å². The van der Waals surface area contributed by atoms with Crippen LogP contribution in [0.2, 0.25) is 0 Å². The van der Waals surface area contributed by atoms with Crippen LogP contribution in [-0.4, -0.2) is 39.5 Å². The van der Waals surface area contributed by atoms with E-state index in [1.807, 2.05) is 40.8 Å². The van der Waals surface area contributed by atoms with Crippen LogP contribution >= 0.6 is 0 Å². The molecule has 1 aliphatic heterocycles. The lowest BCUT2D eigenvalue weighted by Gasteiger charge is -2.29. The van der Waals surface area contributed by atoms with Gasteiger partial charge in [-0.1, -0.05) is 13.8 Å². The lowest BCUT2D eigenvalue weighted by Crippen LogP contribution is -2.35. The standard InChI is InChI=1S/C22H27N3O2/c1-15-20-18(13-22(2,3)14-19(20)26)25(23-15)17-9-7-16(8-10-17)21(27)24-11-5-4-6-12-24/h7-10H,4-6,11-14H2,1-3H3. The summed E-state index contributed by atoms with van der Waals surface area (Å²) in [6, 6.07) is 7.64. The summed E-state index contributed by atoms with van der Waals surface area (Å²) in [7, 11) is 0.